The molecule has 4 N–H and O–H groups in total. The highest BCUT2D eigenvalue weighted by Crippen LogP contribution is 2.59. The molecule has 0 aliphatic heterocycles. The van der Waals surface area contributed by atoms with Gasteiger partial charge < -0.3 is 19.8 Å². The van der Waals surface area contributed by atoms with Crippen molar-refractivity contribution in [2.75, 3.05) is 6.66 Å². The van der Waals surface area contributed by atoms with Crippen LogP contribution in [0.3, 0.4) is 0 Å². The molecule has 0 fully saturated rings. The Morgan fingerprint density at radius 2 is 2.07 bits per heavy atom. The SMILES string of the molecule is CP(O)C(O)(Cc1cccnc1)P(O)O. The predicted molar refractivity (Wildman–Crippen MR) is 59.3 cm³/mol. The van der Waals surface area contributed by atoms with E-state index in [1.807, 2.05) is 0 Å². The van der Waals surface area contributed by atoms with Crippen LogP contribution in [0.25, 0.3) is 0 Å². The molecule has 7 heteroatoms. The minimum Gasteiger partial charge on any atom is -0.374 e. The number of nitrogens with zero attached hydrogens (tertiary/aromatic N) is 1. The van der Waals surface area contributed by atoms with E-state index in [0.717, 1.165) is 0 Å². The van der Waals surface area contributed by atoms with Crippen LogP contribution in [0.15, 0.2) is 24.5 Å². The molecule has 0 bridgehead atoms. The van der Waals surface area contributed by atoms with Gasteiger partial charge in [-0.15, -0.1) is 0 Å². The highest BCUT2D eigenvalue weighted by Gasteiger charge is 2.41. The van der Waals surface area contributed by atoms with Crippen molar-refractivity contribution in [1.29, 1.82) is 0 Å². The van der Waals surface area contributed by atoms with Gasteiger partial charge in [-0.05, 0) is 18.3 Å². The molecule has 0 saturated carbocycles. The molecule has 0 aliphatic rings. The normalized spacial score (nSPS) is 17.5. The average Bonchev–Trinajstić information content (AvgIpc) is 2.18. The zero-order valence-electron chi connectivity index (χ0n) is 8.15. The molecular formula is C8H13NO4P2. The van der Waals surface area contributed by atoms with Gasteiger partial charge in [-0.1, -0.05) is 6.07 Å². The van der Waals surface area contributed by atoms with Crippen molar-refractivity contribution in [2.45, 2.75) is 11.5 Å². The van der Waals surface area contributed by atoms with E-state index >= 15 is 0 Å². The van der Waals surface area contributed by atoms with E-state index in [2.05, 4.69) is 4.98 Å². The van der Waals surface area contributed by atoms with Crippen LogP contribution in [-0.4, -0.2) is 36.5 Å². The summed E-state index contributed by atoms with van der Waals surface area (Å²) in [6.07, 6.45) is 3.08. The zero-order valence-corrected chi connectivity index (χ0v) is 9.94. The summed E-state index contributed by atoms with van der Waals surface area (Å²) in [7, 11) is -4.45. The van der Waals surface area contributed by atoms with Gasteiger partial charge in [0.05, 0.1) is 8.15 Å². The van der Waals surface area contributed by atoms with Gasteiger partial charge in [-0.25, -0.2) is 0 Å². The maximum absolute atomic E-state index is 9.90. The molecule has 84 valence electrons. The van der Waals surface area contributed by atoms with E-state index in [1.165, 1.54) is 12.9 Å². The van der Waals surface area contributed by atoms with Gasteiger partial charge in [0.15, 0.2) is 5.08 Å². The van der Waals surface area contributed by atoms with Crippen molar-refractivity contribution in [3.8, 4) is 0 Å². The van der Waals surface area contributed by atoms with Crippen LogP contribution in [0.2, 0.25) is 0 Å². The summed E-state index contributed by atoms with van der Waals surface area (Å²) in [5, 5.41) is 8.06. The number of rotatable bonds is 4. The average molecular weight is 249 g/mol. The number of aromatic nitrogens is 1. The van der Waals surface area contributed by atoms with Gasteiger partial charge in [0.2, 0.25) is 8.38 Å². The molecule has 2 atom stereocenters. The Kier molecular flexibility index (Phi) is 4.53. The molecule has 5 nitrogen and oxygen atoms in total. The lowest BCUT2D eigenvalue weighted by Crippen LogP contribution is -2.26. The summed E-state index contributed by atoms with van der Waals surface area (Å²) in [5.41, 5.74) is 0.652. The molecule has 0 radical (unpaired) electrons. The number of hydrogen-bond donors (Lipinski definition) is 4. The monoisotopic (exact) mass is 249 g/mol. The van der Waals surface area contributed by atoms with Crippen LogP contribution < -0.4 is 0 Å². The minimum absolute atomic E-state index is 0.0156. The lowest BCUT2D eigenvalue weighted by molar-refractivity contribution is 0.181. The third-order valence-corrected chi connectivity index (χ3v) is 5.40. The number of hydrogen-bond acceptors (Lipinski definition) is 5. The first-order valence-corrected chi connectivity index (χ1v) is 7.17. The largest absolute Gasteiger partial charge is 0.374 e. The van der Waals surface area contributed by atoms with E-state index in [0.29, 0.717) is 5.56 Å². The molecule has 1 rings (SSSR count). The molecule has 1 heterocycles. The maximum Gasteiger partial charge on any atom is 0.206 e. The smallest absolute Gasteiger partial charge is 0.206 e. The fraction of sp³-hybridized carbons (Fsp3) is 0.375. The summed E-state index contributed by atoms with van der Waals surface area (Å²) in [5.74, 6) is 0. The van der Waals surface area contributed by atoms with Crippen LogP contribution in [0.1, 0.15) is 5.56 Å². The van der Waals surface area contributed by atoms with Crippen LogP contribution in [0.5, 0.6) is 0 Å². The Morgan fingerprint density at radius 3 is 2.47 bits per heavy atom. The highest BCUT2D eigenvalue weighted by molar-refractivity contribution is 7.68. The lowest BCUT2D eigenvalue weighted by atomic mass is 10.2. The summed E-state index contributed by atoms with van der Waals surface area (Å²) < 4.78 is 0. The maximum atomic E-state index is 9.90. The van der Waals surface area contributed by atoms with Crippen LogP contribution >= 0.6 is 16.5 Å². The van der Waals surface area contributed by atoms with Crippen molar-refractivity contribution in [3.63, 3.8) is 0 Å². The summed E-state index contributed by atoms with van der Waals surface area (Å²) in [6.45, 7) is 1.38. The van der Waals surface area contributed by atoms with Crippen molar-refractivity contribution in [3.05, 3.63) is 30.1 Å². The van der Waals surface area contributed by atoms with Crippen molar-refractivity contribution in [1.82, 2.24) is 4.98 Å². The fourth-order valence-electron chi connectivity index (χ4n) is 1.09. The second kappa shape index (κ2) is 5.26. The summed E-state index contributed by atoms with van der Waals surface area (Å²) >= 11 is 0. The van der Waals surface area contributed by atoms with Gasteiger partial charge >= 0.3 is 0 Å². The predicted octanol–water partition coefficient (Wildman–Crippen LogP) is 0.586. The Labute approximate surface area is 90.2 Å². The molecular weight excluding hydrogens is 236 g/mol. The Balaban J connectivity index is 2.85. The Morgan fingerprint density at radius 1 is 1.40 bits per heavy atom. The second-order valence-corrected chi connectivity index (χ2v) is 6.58. The van der Waals surface area contributed by atoms with Crippen LogP contribution in [-0.2, 0) is 6.42 Å². The molecule has 1 aromatic rings. The molecule has 1 aromatic heterocycles. The molecule has 0 spiro atoms. The van der Waals surface area contributed by atoms with Crippen LogP contribution in [0, 0.1) is 0 Å². The molecule has 0 aliphatic carbocycles. The third-order valence-electron chi connectivity index (χ3n) is 2.00. The van der Waals surface area contributed by atoms with E-state index < -0.39 is 21.6 Å². The minimum atomic E-state index is -2.60. The van der Waals surface area contributed by atoms with Gasteiger partial charge in [-0.2, -0.15) is 0 Å². The summed E-state index contributed by atoms with van der Waals surface area (Å²) in [4.78, 5) is 31.5. The van der Waals surface area contributed by atoms with Crippen LogP contribution in [0.4, 0.5) is 0 Å². The zero-order chi connectivity index (χ0) is 11.5. The van der Waals surface area contributed by atoms with Gasteiger partial charge in [0, 0.05) is 18.8 Å². The molecule has 0 saturated heterocycles. The quantitative estimate of drug-likeness (QED) is 0.586. The van der Waals surface area contributed by atoms with E-state index in [4.69, 9.17) is 9.79 Å². The second-order valence-electron chi connectivity index (χ2n) is 3.13. The number of aliphatic hydroxyl groups is 1. The summed E-state index contributed by atoms with van der Waals surface area (Å²) in [6, 6.07) is 3.39. The Bertz CT molecular complexity index is 299. The molecule has 0 amide bonds. The highest BCUT2D eigenvalue weighted by atomic mass is 31.2. The van der Waals surface area contributed by atoms with Gasteiger partial charge in [0.1, 0.15) is 0 Å². The topological polar surface area (TPSA) is 93.8 Å². The molecule has 2 unspecified atom stereocenters. The first-order valence-electron chi connectivity index (χ1n) is 4.19. The molecule has 0 aromatic carbocycles. The van der Waals surface area contributed by atoms with E-state index in [-0.39, 0.29) is 6.42 Å². The van der Waals surface area contributed by atoms with Crippen molar-refractivity contribution < 1.29 is 19.8 Å². The van der Waals surface area contributed by atoms with Crippen molar-refractivity contribution in [2.24, 2.45) is 0 Å². The Hall–Kier alpha value is -0.150. The standard InChI is InChI=1S/C8H13NO4P2/c1-14(11)8(10,15(12)13)5-7-3-2-4-9-6-7/h2-4,6,10-13H,5H2,1H3. The van der Waals surface area contributed by atoms with Gasteiger partial charge in [0.25, 0.3) is 0 Å². The first kappa shape index (κ1) is 12.9. The van der Waals surface area contributed by atoms with E-state index in [9.17, 15) is 10.00 Å². The van der Waals surface area contributed by atoms with Crippen molar-refractivity contribution >= 4 is 16.5 Å². The third kappa shape index (κ3) is 3.15. The first-order chi connectivity index (χ1) is 6.97. The van der Waals surface area contributed by atoms with Gasteiger partial charge in [-0.3, -0.25) is 4.98 Å². The lowest BCUT2D eigenvalue weighted by Gasteiger charge is -2.31. The molecule has 15 heavy (non-hydrogen) atoms. The fourth-order valence-corrected chi connectivity index (χ4v) is 2.86. The van der Waals surface area contributed by atoms with E-state index in [1.54, 1.807) is 18.3 Å². The number of pyridine rings is 1.